The highest BCUT2D eigenvalue weighted by molar-refractivity contribution is 5.49. The van der Waals surface area contributed by atoms with E-state index in [1.165, 1.54) is 5.56 Å². The van der Waals surface area contributed by atoms with E-state index in [0.29, 0.717) is 17.3 Å². The van der Waals surface area contributed by atoms with Gasteiger partial charge in [-0.05, 0) is 23.1 Å². The van der Waals surface area contributed by atoms with Gasteiger partial charge < -0.3 is 4.74 Å². The molecule has 0 saturated carbocycles. The molecule has 1 aromatic carbocycles. The molecule has 0 amide bonds. The van der Waals surface area contributed by atoms with Gasteiger partial charge >= 0.3 is 0 Å². The van der Waals surface area contributed by atoms with Gasteiger partial charge in [-0.1, -0.05) is 67.2 Å². The third-order valence-corrected chi connectivity index (χ3v) is 3.56. The van der Waals surface area contributed by atoms with Crippen molar-refractivity contribution in [1.82, 2.24) is 4.98 Å². The van der Waals surface area contributed by atoms with Gasteiger partial charge in [-0.3, -0.25) is 0 Å². The monoisotopic (exact) mass is 324 g/mol. The Kier molecular flexibility index (Phi) is 5.79. The SMILES string of the molecule is C.[C-]#[N+]c1cccc(Oc2ccc(C(C)(C)C)c(C(C)(C)C)n2)c1. The zero-order valence-corrected chi connectivity index (χ0v) is 14.8. The molecule has 0 saturated heterocycles. The predicted molar refractivity (Wildman–Crippen MR) is 101 cm³/mol. The van der Waals surface area contributed by atoms with Crippen molar-refractivity contribution in [3.8, 4) is 11.6 Å². The highest BCUT2D eigenvalue weighted by Crippen LogP contribution is 2.35. The number of hydrogen-bond donors (Lipinski definition) is 0. The number of ether oxygens (including phenoxy) is 1. The van der Waals surface area contributed by atoms with E-state index in [9.17, 15) is 0 Å². The smallest absolute Gasteiger partial charge is 0.219 e. The lowest BCUT2D eigenvalue weighted by atomic mass is 9.78. The summed E-state index contributed by atoms with van der Waals surface area (Å²) in [6.07, 6.45) is 0. The number of aromatic nitrogens is 1. The van der Waals surface area contributed by atoms with E-state index in [4.69, 9.17) is 16.3 Å². The molecule has 3 heteroatoms. The van der Waals surface area contributed by atoms with E-state index in [2.05, 4.69) is 52.5 Å². The maximum absolute atomic E-state index is 7.09. The van der Waals surface area contributed by atoms with Crippen LogP contribution in [0.3, 0.4) is 0 Å². The van der Waals surface area contributed by atoms with Gasteiger partial charge in [0, 0.05) is 11.5 Å². The first-order chi connectivity index (χ1) is 10.6. The van der Waals surface area contributed by atoms with Gasteiger partial charge in [-0.2, -0.15) is 0 Å². The zero-order valence-electron chi connectivity index (χ0n) is 14.8. The molecule has 128 valence electrons. The highest BCUT2D eigenvalue weighted by atomic mass is 16.5. The van der Waals surface area contributed by atoms with Crippen LogP contribution in [0, 0.1) is 6.57 Å². The second kappa shape index (κ2) is 7.05. The van der Waals surface area contributed by atoms with Crippen LogP contribution in [-0.4, -0.2) is 4.98 Å². The molecule has 24 heavy (non-hydrogen) atoms. The Balaban J connectivity index is 0.00000288. The van der Waals surface area contributed by atoms with Crippen LogP contribution in [-0.2, 0) is 10.8 Å². The molecule has 0 aliphatic heterocycles. The van der Waals surface area contributed by atoms with Gasteiger partial charge in [-0.25, -0.2) is 9.83 Å². The molecule has 1 heterocycles. The Hall–Kier alpha value is -2.34. The Bertz CT molecular complexity index is 744. The quantitative estimate of drug-likeness (QED) is 0.578. The average molecular weight is 324 g/mol. The molecule has 0 fully saturated rings. The largest absolute Gasteiger partial charge is 0.440 e. The lowest BCUT2D eigenvalue weighted by Gasteiger charge is -2.29. The summed E-state index contributed by atoms with van der Waals surface area (Å²) in [5.74, 6) is 1.19. The van der Waals surface area contributed by atoms with Crippen molar-refractivity contribution < 1.29 is 4.74 Å². The molecule has 0 bridgehead atoms. The first kappa shape index (κ1) is 19.7. The third kappa shape index (κ3) is 4.58. The second-order valence-corrected chi connectivity index (χ2v) is 7.76. The number of hydrogen-bond acceptors (Lipinski definition) is 2. The van der Waals surface area contributed by atoms with Crippen molar-refractivity contribution in [2.45, 2.75) is 59.8 Å². The van der Waals surface area contributed by atoms with Crippen molar-refractivity contribution in [3.63, 3.8) is 0 Å². The number of nitrogens with zero attached hydrogens (tertiary/aromatic N) is 2. The van der Waals surface area contributed by atoms with Crippen LogP contribution in [0.5, 0.6) is 11.6 Å². The minimum absolute atomic E-state index is 0. The molecule has 0 aliphatic carbocycles. The molecule has 0 spiro atoms. The van der Waals surface area contributed by atoms with E-state index in [1.807, 2.05) is 18.2 Å². The summed E-state index contributed by atoms with van der Waals surface area (Å²) in [6.45, 7) is 20.1. The molecule has 2 rings (SSSR count). The van der Waals surface area contributed by atoms with Gasteiger partial charge in [0.1, 0.15) is 5.75 Å². The first-order valence-electron chi connectivity index (χ1n) is 7.78. The predicted octanol–water partition coefficient (Wildman–Crippen LogP) is 6.66. The molecule has 0 atom stereocenters. The first-order valence-corrected chi connectivity index (χ1v) is 7.78. The van der Waals surface area contributed by atoms with E-state index in [0.717, 1.165) is 5.69 Å². The minimum Gasteiger partial charge on any atom is -0.440 e. The van der Waals surface area contributed by atoms with Gasteiger partial charge in [0.15, 0.2) is 5.69 Å². The lowest BCUT2D eigenvalue weighted by molar-refractivity contribution is 0.444. The van der Waals surface area contributed by atoms with Crippen molar-refractivity contribution in [3.05, 3.63) is 59.1 Å². The van der Waals surface area contributed by atoms with E-state index in [1.54, 1.807) is 12.1 Å². The zero-order chi connectivity index (χ0) is 17.3. The van der Waals surface area contributed by atoms with E-state index < -0.39 is 0 Å². The maximum Gasteiger partial charge on any atom is 0.219 e. The number of benzene rings is 1. The van der Waals surface area contributed by atoms with Crippen LogP contribution >= 0.6 is 0 Å². The van der Waals surface area contributed by atoms with Crippen molar-refractivity contribution in [1.29, 1.82) is 0 Å². The van der Waals surface area contributed by atoms with Crippen molar-refractivity contribution in [2.75, 3.05) is 0 Å². The van der Waals surface area contributed by atoms with Crippen LogP contribution in [0.15, 0.2) is 36.4 Å². The van der Waals surface area contributed by atoms with Gasteiger partial charge in [-0.15, -0.1) is 0 Å². The van der Waals surface area contributed by atoms with Crippen molar-refractivity contribution >= 4 is 5.69 Å². The standard InChI is InChI=1S/C20H24N2O.CH4/c1-19(2,3)16-11-12-17(22-18(16)20(4,5)6)23-15-10-8-9-14(13-15)21-7;/h8-13H,1-6H3;1H4. The fourth-order valence-corrected chi connectivity index (χ4v) is 2.41. The number of pyridine rings is 1. The Morgan fingerprint density at radius 1 is 0.958 bits per heavy atom. The van der Waals surface area contributed by atoms with Gasteiger partial charge in [0.2, 0.25) is 5.88 Å². The van der Waals surface area contributed by atoms with E-state index in [-0.39, 0.29) is 18.3 Å². The topological polar surface area (TPSA) is 26.5 Å². The summed E-state index contributed by atoms with van der Waals surface area (Å²) < 4.78 is 5.87. The summed E-state index contributed by atoms with van der Waals surface area (Å²) >= 11 is 0. The Morgan fingerprint density at radius 2 is 1.62 bits per heavy atom. The molecular weight excluding hydrogens is 296 g/mol. The molecule has 0 aliphatic rings. The molecule has 0 N–H and O–H groups in total. The Labute approximate surface area is 146 Å². The number of rotatable bonds is 2. The fourth-order valence-electron chi connectivity index (χ4n) is 2.41. The molecule has 3 nitrogen and oxygen atoms in total. The summed E-state index contributed by atoms with van der Waals surface area (Å²) in [7, 11) is 0. The summed E-state index contributed by atoms with van der Waals surface area (Å²) in [5, 5.41) is 0. The van der Waals surface area contributed by atoms with Crippen LogP contribution in [0.2, 0.25) is 0 Å². The minimum atomic E-state index is -0.0691. The Morgan fingerprint density at radius 3 is 2.17 bits per heavy atom. The van der Waals surface area contributed by atoms with Gasteiger partial charge in [0.05, 0.1) is 12.3 Å². The van der Waals surface area contributed by atoms with Gasteiger partial charge in [0.25, 0.3) is 0 Å². The second-order valence-electron chi connectivity index (χ2n) is 7.76. The maximum atomic E-state index is 7.09. The lowest BCUT2D eigenvalue weighted by Crippen LogP contribution is -2.23. The summed E-state index contributed by atoms with van der Waals surface area (Å²) in [4.78, 5) is 8.19. The van der Waals surface area contributed by atoms with E-state index >= 15 is 0 Å². The fraction of sp³-hybridized carbons (Fsp3) is 0.429. The normalized spacial score (nSPS) is 11.4. The molecule has 1 aromatic heterocycles. The molecule has 2 aromatic rings. The average Bonchev–Trinajstić information content (AvgIpc) is 2.45. The highest BCUT2D eigenvalue weighted by Gasteiger charge is 2.27. The van der Waals surface area contributed by atoms with Crippen LogP contribution in [0.25, 0.3) is 4.85 Å². The summed E-state index contributed by atoms with van der Waals surface area (Å²) in [5.41, 5.74) is 2.79. The van der Waals surface area contributed by atoms with Crippen LogP contribution in [0.1, 0.15) is 60.2 Å². The van der Waals surface area contributed by atoms with Crippen LogP contribution < -0.4 is 4.74 Å². The molecular formula is C21H28N2O. The third-order valence-electron chi connectivity index (χ3n) is 3.56. The molecule has 0 radical (unpaired) electrons. The van der Waals surface area contributed by atoms with Crippen molar-refractivity contribution in [2.24, 2.45) is 0 Å². The molecule has 0 unspecified atom stereocenters. The summed E-state index contributed by atoms with van der Waals surface area (Å²) in [6, 6.07) is 11.1. The van der Waals surface area contributed by atoms with Crippen LogP contribution in [0.4, 0.5) is 5.69 Å².